The molecule has 0 spiro atoms. The Morgan fingerprint density at radius 2 is 2.07 bits per heavy atom. The summed E-state index contributed by atoms with van der Waals surface area (Å²) >= 11 is 0. The summed E-state index contributed by atoms with van der Waals surface area (Å²) < 4.78 is 1.68. The summed E-state index contributed by atoms with van der Waals surface area (Å²) in [4.78, 5) is 36.3. The number of nitrogens with one attached hydrogen (secondary N) is 3. The zero-order valence-corrected chi connectivity index (χ0v) is 17.4. The topological polar surface area (TPSA) is 105 Å². The molecule has 3 atom stereocenters. The van der Waals surface area contributed by atoms with E-state index in [0.29, 0.717) is 18.5 Å². The van der Waals surface area contributed by atoms with E-state index >= 15 is 0 Å². The Morgan fingerprint density at radius 3 is 2.72 bits per heavy atom. The van der Waals surface area contributed by atoms with Gasteiger partial charge in [-0.15, -0.1) is 0 Å². The summed E-state index contributed by atoms with van der Waals surface area (Å²) in [5.74, 6) is -0.254. The van der Waals surface area contributed by atoms with Crippen molar-refractivity contribution >= 4 is 23.2 Å². The van der Waals surface area contributed by atoms with Crippen molar-refractivity contribution in [3.05, 3.63) is 36.2 Å². The van der Waals surface area contributed by atoms with Crippen LogP contribution in [0.1, 0.15) is 50.9 Å². The molecule has 1 saturated carbocycles. The second-order valence-electron chi connectivity index (χ2n) is 8.27. The fourth-order valence-corrected chi connectivity index (χ4v) is 3.93. The predicted molar refractivity (Wildman–Crippen MR) is 109 cm³/mol. The maximum atomic E-state index is 12.8. The van der Waals surface area contributed by atoms with Crippen molar-refractivity contribution in [2.45, 2.75) is 52.6 Å². The zero-order chi connectivity index (χ0) is 21.2. The van der Waals surface area contributed by atoms with E-state index in [-0.39, 0.29) is 35.1 Å². The van der Waals surface area contributed by atoms with Crippen molar-refractivity contribution in [1.82, 2.24) is 25.6 Å². The highest BCUT2D eigenvalue weighted by Crippen LogP contribution is 2.46. The van der Waals surface area contributed by atoms with Crippen LogP contribution in [-0.2, 0) is 9.59 Å². The minimum absolute atomic E-state index is 0.0254. The van der Waals surface area contributed by atoms with Crippen LogP contribution in [-0.4, -0.2) is 46.0 Å². The van der Waals surface area contributed by atoms with Crippen LogP contribution >= 0.6 is 0 Å². The first-order valence-electron chi connectivity index (χ1n) is 10.0. The fraction of sp³-hybridized carbons (Fsp3) is 0.524. The molecule has 8 nitrogen and oxygen atoms in total. The number of carbonyl (C=O) groups excluding carboxylic acids is 3. The molecule has 0 radical (unpaired) electrons. The summed E-state index contributed by atoms with van der Waals surface area (Å²) in [6.45, 7) is 7.99. The van der Waals surface area contributed by atoms with Gasteiger partial charge in [0.15, 0.2) is 0 Å². The third-order valence-corrected chi connectivity index (χ3v) is 6.08. The SMILES string of the molecule is CCC(NC(C)=O)C(=O)NCC1CC(NC(=O)c2cccn3nccc23)C1(C)C. The molecule has 8 heteroatoms. The van der Waals surface area contributed by atoms with E-state index in [1.165, 1.54) is 6.92 Å². The van der Waals surface area contributed by atoms with Gasteiger partial charge in [-0.3, -0.25) is 14.4 Å². The van der Waals surface area contributed by atoms with Gasteiger partial charge in [-0.25, -0.2) is 4.52 Å². The van der Waals surface area contributed by atoms with E-state index in [4.69, 9.17) is 0 Å². The Hall–Kier alpha value is -2.90. The molecular formula is C21H29N5O3. The first kappa shape index (κ1) is 20.8. The van der Waals surface area contributed by atoms with Crippen molar-refractivity contribution in [2.75, 3.05) is 6.54 Å². The Morgan fingerprint density at radius 1 is 1.31 bits per heavy atom. The fourth-order valence-electron chi connectivity index (χ4n) is 3.93. The van der Waals surface area contributed by atoms with Gasteiger partial charge in [-0.1, -0.05) is 20.8 Å². The molecule has 156 valence electrons. The molecule has 1 fully saturated rings. The number of amides is 3. The van der Waals surface area contributed by atoms with Gasteiger partial charge < -0.3 is 16.0 Å². The molecule has 1 aliphatic carbocycles. The molecule has 2 aromatic rings. The summed E-state index contributed by atoms with van der Waals surface area (Å²) in [5.41, 5.74) is 1.22. The molecule has 0 aromatic carbocycles. The third kappa shape index (κ3) is 4.26. The number of carbonyl (C=O) groups is 3. The van der Waals surface area contributed by atoms with Crippen LogP contribution in [0.15, 0.2) is 30.6 Å². The lowest BCUT2D eigenvalue weighted by atomic mass is 9.58. The number of rotatable bonds is 7. The van der Waals surface area contributed by atoms with Crippen molar-refractivity contribution in [3.63, 3.8) is 0 Å². The number of hydrogen-bond donors (Lipinski definition) is 3. The summed E-state index contributed by atoms with van der Waals surface area (Å²) in [6, 6.07) is 4.93. The quantitative estimate of drug-likeness (QED) is 0.656. The second-order valence-corrected chi connectivity index (χ2v) is 8.27. The standard InChI is InChI=1S/C21H29N5O3/c1-5-16(24-13(2)27)20(29)22-12-14-11-18(21(14,3)4)25-19(28)15-7-6-10-26-17(15)8-9-23-26/h6-10,14,16,18H,5,11-12H2,1-4H3,(H,22,29)(H,24,27)(H,25,28). The smallest absolute Gasteiger partial charge is 0.253 e. The van der Waals surface area contributed by atoms with Gasteiger partial charge in [-0.2, -0.15) is 5.10 Å². The molecule has 3 N–H and O–H groups in total. The highest BCUT2D eigenvalue weighted by atomic mass is 16.2. The lowest BCUT2D eigenvalue weighted by Gasteiger charge is -2.52. The number of fused-ring (bicyclic) bond motifs is 1. The normalized spacial score (nSPS) is 21.1. The molecule has 2 aromatic heterocycles. The largest absolute Gasteiger partial charge is 0.354 e. The lowest BCUT2D eigenvalue weighted by Crippen LogP contribution is -2.61. The molecule has 29 heavy (non-hydrogen) atoms. The molecule has 0 aliphatic heterocycles. The van der Waals surface area contributed by atoms with Crippen LogP contribution in [0, 0.1) is 11.3 Å². The van der Waals surface area contributed by atoms with Crippen molar-refractivity contribution in [3.8, 4) is 0 Å². The van der Waals surface area contributed by atoms with Gasteiger partial charge >= 0.3 is 0 Å². The molecule has 3 unspecified atom stereocenters. The molecule has 2 heterocycles. The first-order chi connectivity index (χ1) is 13.7. The van der Waals surface area contributed by atoms with E-state index in [9.17, 15) is 14.4 Å². The molecule has 3 amide bonds. The molecule has 3 rings (SSSR count). The molecule has 0 bridgehead atoms. The number of aromatic nitrogens is 2. The Labute approximate surface area is 170 Å². The van der Waals surface area contributed by atoms with Crippen molar-refractivity contribution in [1.29, 1.82) is 0 Å². The van der Waals surface area contributed by atoms with Crippen molar-refractivity contribution < 1.29 is 14.4 Å². The van der Waals surface area contributed by atoms with Crippen LogP contribution in [0.25, 0.3) is 5.52 Å². The Balaban J connectivity index is 1.56. The van der Waals surface area contributed by atoms with E-state index in [1.54, 1.807) is 22.8 Å². The lowest BCUT2D eigenvalue weighted by molar-refractivity contribution is -0.128. The summed E-state index contributed by atoms with van der Waals surface area (Å²) in [5, 5.41) is 12.9. The van der Waals surface area contributed by atoms with Gasteiger partial charge in [0.25, 0.3) is 5.91 Å². The molecule has 1 aliphatic rings. The molecule has 0 saturated heterocycles. The van der Waals surface area contributed by atoms with Gasteiger partial charge in [-0.05, 0) is 42.4 Å². The van der Waals surface area contributed by atoms with Crippen LogP contribution < -0.4 is 16.0 Å². The number of nitrogens with zero attached hydrogens (tertiary/aromatic N) is 2. The van der Waals surface area contributed by atoms with Gasteiger partial charge in [0, 0.05) is 25.7 Å². The van der Waals surface area contributed by atoms with E-state index in [2.05, 4.69) is 34.9 Å². The second kappa shape index (κ2) is 8.23. The number of pyridine rings is 1. The highest BCUT2D eigenvalue weighted by molar-refractivity contribution is 6.00. The average molecular weight is 399 g/mol. The Kier molecular flexibility index (Phi) is 5.91. The first-order valence-corrected chi connectivity index (χ1v) is 10.0. The van der Waals surface area contributed by atoms with Crippen molar-refractivity contribution in [2.24, 2.45) is 11.3 Å². The maximum absolute atomic E-state index is 12.8. The van der Waals surface area contributed by atoms with Gasteiger partial charge in [0.1, 0.15) is 6.04 Å². The predicted octanol–water partition coefficient (Wildman–Crippen LogP) is 1.51. The van der Waals surface area contributed by atoms with E-state index in [0.717, 1.165) is 11.9 Å². The van der Waals surface area contributed by atoms with Gasteiger partial charge in [0.2, 0.25) is 11.8 Å². The Bertz CT molecular complexity index is 920. The van der Waals surface area contributed by atoms with E-state index in [1.807, 2.05) is 19.2 Å². The minimum Gasteiger partial charge on any atom is -0.354 e. The average Bonchev–Trinajstić information content (AvgIpc) is 3.16. The van der Waals surface area contributed by atoms with Crippen LogP contribution in [0.3, 0.4) is 0 Å². The molecular weight excluding hydrogens is 370 g/mol. The summed E-state index contributed by atoms with van der Waals surface area (Å²) in [7, 11) is 0. The maximum Gasteiger partial charge on any atom is 0.253 e. The highest BCUT2D eigenvalue weighted by Gasteiger charge is 2.48. The van der Waals surface area contributed by atoms with E-state index < -0.39 is 6.04 Å². The number of hydrogen-bond acceptors (Lipinski definition) is 4. The zero-order valence-electron chi connectivity index (χ0n) is 17.4. The van der Waals surface area contributed by atoms with Gasteiger partial charge in [0.05, 0.1) is 17.3 Å². The minimum atomic E-state index is -0.512. The third-order valence-electron chi connectivity index (χ3n) is 6.08. The van der Waals surface area contributed by atoms with Crippen LogP contribution in [0.2, 0.25) is 0 Å². The summed E-state index contributed by atoms with van der Waals surface area (Å²) in [6.07, 6.45) is 4.81. The van der Waals surface area contributed by atoms with Crippen LogP contribution in [0.4, 0.5) is 0 Å². The van der Waals surface area contributed by atoms with Crippen LogP contribution in [0.5, 0.6) is 0 Å². The monoisotopic (exact) mass is 399 g/mol.